The lowest BCUT2D eigenvalue weighted by molar-refractivity contribution is 0.789. The Morgan fingerprint density at radius 1 is 1.30 bits per heavy atom. The molecule has 104 valence electrons. The van der Waals surface area contributed by atoms with E-state index in [9.17, 15) is 0 Å². The number of nitrogens with one attached hydrogen (secondary N) is 1. The summed E-state index contributed by atoms with van der Waals surface area (Å²) in [6.07, 6.45) is 4.02. The lowest BCUT2D eigenvalue weighted by atomic mass is 10.3. The first kappa shape index (κ1) is 13.1. The van der Waals surface area contributed by atoms with Gasteiger partial charge in [0, 0.05) is 12.8 Å². The fourth-order valence-corrected chi connectivity index (χ4v) is 2.91. The Balaban J connectivity index is 1.89. The maximum absolute atomic E-state index is 4.50. The largest absolute Gasteiger partial charge is 0.343 e. The van der Waals surface area contributed by atoms with Crippen LogP contribution in [0, 0.1) is 0 Å². The Hall–Kier alpha value is -1.89. The molecule has 0 aromatic carbocycles. The number of nitrogens with zero attached hydrogens (tertiary/aromatic N) is 5. The summed E-state index contributed by atoms with van der Waals surface area (Å²) in [6, 6.07) is 3.90. The lowest BCUT2D eigenvalue weighted by Crippen LogP contribution is -1.97. The van der Waals surface area contributed by atoms with Crippen molar-refractivity contribution in [3.8, 4) is 11.5 Å². The molecular weight excluding hydrogens is 272 g/mol. The van der Waals surface area contributed by atoms with Gasteiger partial charge in [-0.15, -0.1) is 10.2 Å². The third kappa shape index (κ3) is 2.40. The van der Waals surface area contributed by atoms with Crippen LogP contribution in [0.3, 0.4) is 0 Å². The average Bonchev–Trinajstić information content (AvgIpc) is 3.05. The van der Waals surface area contributed by atoms with Crippen molar-refractivity contribution in [2.24, 2.45) is 7.05 Å². The minimum absolute atomic E-state index is 0.700. The summed E-state index contributed by atoms with van der Waals surface area (Å²) >= 11 is 1.73. The van der Waals surface area contributed by atoms with Crippen molar-refractivity contribution in [3.05, 3.63) is 18.5 Å². The van der Waals surface area contributed by atoms with Crippen LogP contribution < -0.4 is 0 Å². The van der Waals surface area contributed by atoms with Gasteiger partial charge < -0.3 is 9.55 Å². The molecule has 20 heavy (non-hydrogen) atoms. The molecular formula is C13H16N6S. The number of H-pyrrole nitrogens is 1. The monoisotopic (exact) mass is 288 g/mol. The molecule has 3 rings (SSSR count). The first-order chi connectivity index (χ1) is 9.79. The molecule has 6 nitrogen and oxygen atoms in total. The van der Waals surface area contributed by atoms with Crippen molar-refractivity contribution in [2.75, 3.05) is 5.75 Å². The first-order valence-corrected chi connectivity index (χ1v) is 7.61. The van der Waals surface area contributed by atoms with E-state index in [1.54, 1.807) is 18.1 Å². The number of fused-ring (bicyclic) bond motifs is 1. The number of thioether (sulfide) groups is 1. The molecule has 0 saturated heterocycles. The second kappa shape index (κ2) is 5.62. The van der Waals surface area contributed by atoms with E-state index in [1.807, 2.05) is 23.7 Å². The highest BCUT2D eigenvalue weighted by atomic mass is 32.2. The zero-order valence-electron chi connectivity index (χ0n) is 11.5. The van der Waals surface area contributed by atoms with E-state index in [2.05, 4.69) is 32.1 Å². The molecule has 3 aromatic rings. The van der Waals surface area contributed by atoms with Crippen LogP contribution in [0.2, 0.25) is 0 Å². The minimum atomic E-state index is 0.700. The highest BCUT2D eigenvalue weighted by Crippen LogP contribution is 2.23. The third-order valence-corrected chi connectivity index (χ3v) is 4.18. The van der Waals surface area contributed by atoms with Crippen molar-refractivity contribution in [2.45, 2.75) is 24.9 Å². The molecule has 3 aromatic heterocycles. The number of unbranched alkanes of at least 4 members (excludes halogenated alkanes) is 1. The van der Waals surface area contributed by atoms with Gasteiger partial charge in [0.25, 0.3) is 0 Å². The topological polar surface area (TPSA) is 72.3 Å². The summed E-state index contributed by atoms with van der Waals surface area (Å²) in [6.45, 7) is 2.19. The van der Waals surface area contributed by atoms with Crippen LogP contribution in [0.15, 0.2) is 23.6 Å². The molecule has 0 atom stereocenters. The summed E-state index contributed by atoms with van der Waals surface area (Å²) in [5.41, 5.74) is 2.42. The number of hydrogen-bond acceptors (Lipinski definition) is 5. The van der Waals surface area contributed by atoms with Crippen LogP contribution >= 0.6 is 11.8 Å². The van der Waals surface area contributed by atoms with Crippen LogP contribution in [0.5, 0.6) is 0 Å². The molecule has 0 amide bonds. The van der Waals surface area contributed by atoms with E-state index in [1.165, 1.54) is 12.8 Å². The molecule has 1 N–H and O–H groups in total. The van der Waals surface area contributed by atoms with Gasteiger partial charge in [0.05, 0.1) is 11.8 Å². The first-order valence-electron chi connectivity index (χ1n) is 6.62. The Kier molecular flexibility index (Phi) is 3.68. The number of hydrogen-bond donors (Lipinski definition) is 1. The second-order valence-corrected chi connectivity index (χ2v) is 5.60. The molecule has 0 fully saturated rings. The van der Waals surface area contributed by atoms with Gasteiger partial charge in [0.1, 0.15) is 5.69 Å². The smallest absolute Gasteiger partial charge is 0.191 e. The molecule has 0 aliphatic rings. The van der Waals surface area contributed by atoms with Gasteiger partial charge in [-0.2, -0.15) is 0 Å². The van der Waals surface area contributed by atoms with E-state index in [4.69, 9.17) is 0 Å². The maximum atomic E-state index is 4.50. The third-order valence-electron chi connectivity index (χ3n) is 3.08. The number of rotatable bonds is 5. The number of pyridine rings is 1. The molecule has 7 heteroatoms. The average molecular weight is 288 g/mol. The summed E-state index contributed by atoms with van der Waals surface area (Å²) in [7, 11) is 1.97. The molecule has 0 spiro atoms. The van der Waals surface area contributed by atoms with Gasteiger partial charge in [-0.05, 0) is 18.6 Å². The van der Waals surface area contributed by atoms with Crippen LogP contribution in [-0.2, 0) is 7.05 Å². The molecule has 0 aliphatic carbocycles. The Morgan fingerprint density at radius 2 is 2.20 bits per heavy atom. The molecule has 0 aliphatic heterocycles. The number of aromatic nitrogens is 6. The summed E-state index contributed by atoms with van der Waals surface area (Å²) in [4.78, 5) is 11.7. The zero-order chi connectivity index (χ0) is 13.9. The van der Waals surface area contributed by atoms with Crippen molar-refractivity contribution in [3.63, 3.8) is 0 Å². The minimum Gasteiger partial charge on any atom is -0.343 e. The maximum Gasteiger partial charge on any atom is 0.191 e. The predicted octanol–water partition coefficient (Wildman–Crippen LogP) is 2.65. The van der Waals surface area contributed by atoms with Crippen LogP contribution in [0.1, 0.15) is 19.8 Å². The van der Waals surface area contributed by atoms with E-state index < -0.39 is 0 Å². The fourth-order valence-electron chi connectivity index (χ4n) is 1.92. The van der Waals surface area contributed by atoms with Gasteiger partial charge in [0.2, 0.25) is 0 Å². The molecule has 0 unspecified atom stereocenters. The molecule has 0 bridgehead atoms. The Morgan fingerprint density at radius 3 is 3.05 bits per heavy atom. The normalized spacial score (nSPS) is 11.3. The number of imidazole rings is 1. The van der Waals surface area contributed by atoms with Crippen LogP contribution in [0.25, 0.3) is 22.7 Å². The second-order valence-electron chi connectivity index (χ2n) is 4.54. The van der Waals surface area contributed by atoms with E-state index >= 15 is 0 Å². The van der Waals surface area contributed by atoms with Gasteiger partial charge in [0.15, 0.2) is 16.6 Å². The zero-order valence-corrected chi connectivity index (χ0v) is 12.3. The van der Waals surface area contributed by atoms with Gasteiger partial charge in [-0.25, -0.2) is 9.97 Å². The van der Waals surface area contributed by atoms with Crippen LogP contribution in [0.4, 0.5) is 0 Å². The summed E-state index contributed by atoms with van der Waals surface area (Å²) < 4.78 is 1.99. The Bertz CT molecular complexity index is 717. The van der Waals surface area contributed by atoms with Gasteiger partial charge in [-0.3, -0.25) is 0 Å². The van der Waals surface area contributed by atoms with E-state index in [-0.39, 0.29) is 0 Å². The predicted molar refractivity (Wildman–Crippen MR) is 79.5 cm³/mol. The van der Waals surface area contributed by atoms with Crippen molar-refractivity contribution >= 4 is 22.9 Å². The number of aromatic amines is 1. The van der Waals surface area contributed by atoms with Crippen molar-refractivity contribution in [1.29, 1.82) is 0 Å². The summed E-state index contributed by atoms with van der Waals surface area (Å²) in [5.74, 6) is 1.84. The summed E-state index contributed by atoms with van der Waals surface area (Å²) in [5, 5.41) is 9.42. The molecule has 3 heterocycles. The highest BCUT2D eigenvalue weighted by Gasteiger charge is 2.13. The van der Waals surface area contributed by atoms with Crippen molar-refractivity contribution < 1.29 is 0 Å². The fraction of sp³-hybridized carbons (Fsp3) is 0.385. The van der Waals surface area contributed by atoms with Crippen LogP contribution in [-0.4, -0.2) is 35.5 Å². The van der Waals surface area contributed by atoms with E-state index in [0.717, 1.165) is 27.9 Å². The molecule has 0 radical (unpaired) electrons. The highest BCUT2D eigenvalue weighted by molar-refractivity contribution is 7.99. The Labute approximate surface area is 121 Å². The van der Waals surface area contributed by atoms with Gasteiger partial charge in [-0.1, -0.05) is 25.1 Å². The lowest BCUT2D eigenvalue weighted by Gasteiger charge is -2.03. The standard InChI is InChI=1S/C13H16N6S/c1-3-4-7-20-13-18-17-12(19(13)2)10-6-5-9-11(16-10)15-8-14-9/h5-6,8H,3-4,7H2,1-2H3,(H,14,15,16). The van der Waals surface area contributed by atoms with Crippen molar-refractivity contribution in [1.82, 2.24) is 29.7 Å². The SMILES string of the molecule is CCCCSc1nnc(-c2ccc3[nH]cnc3n2)n1C. The van der Waals surface area contributed by atoms with E-state index in [0.29, 0.717) is 5.65 Å². The van der Waals surface area contributed by atoms with Gasteiger partial charge >= 0.3 is 0 Å². The molecule has 0 saturated carbocycles. The quantitative estimate of drug-likeness (QED) is 0.577.